The third kappa shape index (κ3) is 3.96. The zero-order valence-corrected chi connectivity index (χ0v) is 17.9. The number of rotatable bonds is 6. The summed E-state index contributed by atoms with van der Waals surface area (Å²) >= 11 is 1.15. The molecule has 4 rings (SSSR count). The molecule has 0 fully saturated rings. The molecular formula is C22H21N3O5S. The highest BCUT2D eigenvalue weighted by Crippen LogP contribution is 2.26. The number of nitrogens with zero attached hydrogens (tertiary/aromatic N) is 3. The second-order valence-corrected chi connectivity index (χ2v) is 8.32. The fourth-order valence-electron chi connectivity index (χ4n) is 3.83. The summed E-state index contributed by atoms with van der Waals surface area (Å²) in [6.07, 6.45) is 1.74. The van der Waals surface area contributed by atoms with E-state index in [-0.39, 0.29) is 13.0 Å². The minimum Gasteiger partial charge on any atom is -0.496 e. The Morgan fingerprint density at radius 1 is 1.29 bits per heavy atom. The second-order valence-electron chi connectivity index (χ2n) is 7.37. The number of thiophene rings is 1. The monoisotopic (exact) mass is 439 g/mol. The number of ether oxygens (including phenoxy) is 1. The van der Waals surface area contributed by atoms with Gasteiger partial charge in [-0.1, -0.05) is 18.2 Å². The maximum absolute atomic E-state index is 12.8. The van der Waals surface area contributed by atoms with Crippen molar-refractivity contribution < 1.29 is 24.2 Å². The Labute approximate surface area is 182 Å². The molecule has 8 nitrogen and oxygen atoms in total. The summed E-state index contributed by atoms with van der Waals surface area (Å²) in [5.74, 6) is -1.86. The van der Waals surface area contributed by atoms with Gasteiger partial charge in [0, 0.05) is 18.7 Å². The van der Waals surface area contributed by atoms with Crippen LogP contribution >= 0.6 is 11.3 Å². The molecule has 0 saturated carbocycles. The number of carbonyl (C=O) groups excluding carboxylic acids is 2. The smallest absolute Gasteiger partial charge is 0.326 e. The fraction of sp³-hybridized carbons (Fsp3) is 0.273. The molecule has 0 saturated heterocycles. The van der Waals surface area contributed by atoms with Gasteiger partial charge in [-0.3, -0.25) is 9.59 Å². The van der Waals surface area contributed by atoms with Crippen molar-refractivity contribution in [1.82, 2.24) is 14.5 Å². The number of benzene rings is 1. The molecule has 2 aromatic heterocycles. The van der Waals surface area contributed by atoms with Crippen molar-refractivity contribution in [2.24, 2.45) is 0 Å². The summed E-state index contributed by atoms with van der Waals surface area (Å²) in [7, 11) is 1.62. The van der Waals surface area contributed by atoms with Crippen LogP contribution in [0.5, 0.6) is 5.75 Å². The molecule has 0 bridgehead atoms. The van der Waals surface area contributed by atoms with Crippen LogP contribution in [0.4, 0.5) is 0 Å². The first kappa shape index (κ1) is 20.8. The maximum Gasteiger partial charge on any atom is 0.326 e. The van der Waals surface area contributed by atoms with Crippen molar-refractivity contribution in [3.63, 3.8) is 0 Å². The minimum absolute atomic E-state index is 0.0170. The fourth-order valence-corrected chi connectivity index (χ4v) is 4.49. The normalized spacial score (nSPS) is 15.4. The molecule has 0 spiro atoms. The summed E-state index contributed by atoms with van der Waals surface area (Å²) in [5.41, 5.74) is 3.39. The zero-order chi connectivity index (χ0) is 22.1. The van der Waals surface area contributed by atoms with Gasteiger partial charge in [0.05, 0.1) is 30.6 Å². The van der Waals surface area contributed by atoms with Gasteiger partial charge in [0.2, 0.25) is 0 Å². The minimum atomic E-state index is -1.15. The lowest BCUT2D eigenvalue weighted by Crippen LogP contribution is -2.51. The first-order chi connectivity index (χ1) is 14.9. The average molecular weight is 439 g/mol. The highest BCUT2D eigenvalue weighted by molar-refractivity contribution is 7.13. The lowest BCUT2D eigenvalue weighted by atomic mass is 10.0. The molecule has 1 unspecified atom stereocenters. The summed E-state index contributed by atoms with van der Waals surface area (Å²) in [5, 5.41) is 11.5. The molecule has 0 aliphatic carbocycles. The summed E-state index contributed by atoms with van der Waals surface area (Å²) in [6, 6.07) is 7.96. The zero-order valence-electron chi connectivity index (χ0n) is 17.1. The lowest BCUT2D eigenvalue weighted by molar-refractivity contribution is -0.149. The van der Waals surface area contributed by atoms with E-state index in [9.17, 15) is 19.5 Å². The second kappa shape index (κ2) is 8.35. The van der Waals surface area contributed by atoms with Gasteiger partial charge in [-0.15, -0.1) is 11.3 Å². The van der Waals surface area contributed by atoms with E-state index < -0.39 is 23.7 Å². The van der Waals surface area contributed by atoms with Crippen LogP contribution in [0.3, 0.4) is 0 Å². The number of Topliss-reactive ketones (excluding diaryl/α,β-unsaturated/α-hetero) is 1. The van der Waals surface area contributed by atoms with Crippen molar-refractivity contribution in [3.8, 4) is 5.75 Å². The Kier molecular flexibility index (Phi) is 5.60. The Morgan fingerprint density at radius 2 is 2.10 bits per heavy atom. The van der Waals surface area contributed by atoms with Gasteiger partial charge in [0.25, 0.3) is 11.7 Å². The number of amides is 1. The number of carboxylic acid groups (broad SMARTS) is 1. The van der Waals surface area contributed by atoms with Crippen LogP contribution in [0.2, 0.25) is 0 Å². The van der Waals surface area contributed by atoms with Gasteiger partial charge >= 0.3 is 5.97 Å². The highest BCUT2D eigenvalue weighted by Gasteiger charge is 2.39. The number of fused-ring (bicyclic) bond motifs is 1. The van der Waals surface area contributed by atoms with Gasteiger partial charge < -0.3 is 19.3 Å². The summed E-state index contributed by atoms with van der Waals surface area (Å²) in [4.78, 5) is 43.0. The molecule has 9 heteroatoms. The van der Waals surface area contributed by atoms with Crippen molar-refractivity contribution in [3.05, 3.63) is 69.4 Å². The molecule has 3 heterocycles. The first-order valence-corrected chi connectivity index (χ1v) is 10.5. The largest absolute Gasteiger partial charge is 0.496 e. The van der Waals surface area contributed by atoms with Crippen molar-refractivity contribution in [2.75, 3.05) is 7.11 Å². The summed E-state index contributed by atoms with van der Waals surface area (Å²) < 4.78 is 7.20. The number of methoxy groups -OCH3 is 1. The third-order valence-electron chi connectivity index (χ3n) is 5.41. The first-order valence-electron chi connectivity index (χ1n) is 9.67. The maximum atomic E-state index is 12.8. The van der Waals surface area contributed by atoms with Crippen LogP contribution in [0, 0.1) is 6.92 Å². The number of hydrogen-bond donors (Lipinski definition) is 1. The van der Waals surface area contributed by atoms with Crippen LogP contribution in [0.25, 0.3) is 0 Å². The SMILES string of the molecule is COc1ccc(Cn2cnc3c2CC(C(=O)O)N(C(=O)C(=O)c2cccs2)C3)cc1C. The molecule has 160 valence electrons. The molecule has 3 aromatic rings. The van der Waals surface area contributed by atoms with Crippen molar-refractivity contribution in [2.45, 2.75) is 32.5 Å². The van der Waals surface area contributed by atoms with Crippen molar-refractivity contribution in [1.29, 1.82) is 0 Å². The Balaban J connectivity index is 1.60. The lowest BCUT2D eigenvalue weighted by Gasteiger charge is -2.32. The van der Waals surface area contributed by atoms with E-state index in [2.05, 4.69) is 4.98 Å². The van der Waals surface area contributed by atoms with Crippen LogP contribution in [0.15, 0.2) is 42.0 Å². The molecule has 1 aliphatic rings. The summed E-state index contributed by atoms with van der Waals surface area (Å²) in [6.45, 7) is 2.46. The molecule has 1 aromatic carbocycles. The standard InChI is InChI=1S/C22H21N3O5S/c1-13-8-14(5-6-18(13)30-2)10-24-12-23-15-11-25(17(22(28)29)9-16(15)24)21(27)20(26)19-4-3-7-31-19/h3-8,12,17H,9-11H2,1-2H3,(H,28,29). The van der Waals surface area contributed by atoms with Gasteiger partial charge in [-0.05, 0) is 35.6 Å². The number of hydrogen-bond acceptors (Lipinski definition) is 6. The number of imidazole rings is 1. The van der Waals surface area contributed by atoms with Crippen LogP contribution in [0.1, 0.15) is 32.2 Å². The molecule has 1 amide bonds. The predicted molar refractivity (Wildman–Crippen MR) is 113 cm³/mol. The predicted octanol–water partition coefficient (Wildman–Crippen LogP) is 2.53. The molecular weight excluding hydrogens is 418 g/mol. The Morgan fingerprint density at radius 3 is 2.74 bits per heavy atom. The topological polar surface area (TPSA) is 102 Å². The quantitative estimate of drug-likeness (QED) is 0.468. The molecule has 31 heavy (non-hydrogen) atoms. The number of ketones is 1. The van der Waals surface area contributed by atoms with E-state index in [4.69, 9.17) is 4.74 Å². The Bertz CT molecular complexity index is 1150. The van der Waals surface area contributed by atoms with Gasteiger partial charge in [0.15, 0.2) is 0 Å². The molecule has 1 atom stereocenters. The highest BCUT2D eigenvalue weighted by atomic mass is 32.1. The molecule has 0 radical (unpaired) electrons. The third-order valence-corrected chi connectivity index (χ3v) is 6.28. The number of aromatic nitrogens is 2. The van der Waals surface area contributed by atoms with Crippen LogP contribution < -0.4 is 4.74 Å². The van der Waals surface area contributed by atoms with E-state index in [0.717, 1.165) is 38.8 Å². The van der Waals surface area contributed by atoms with Crippen molar-refractivity contribution >= 4 is 29.0 Å². The number of aliphatic carboxylic acids is 1. The van der Waals surface area contributed by atoms with E-state index in [1.807, 2.05) is 29.7 Å². The van der Waals surface area contributed by atoms with E-state index in [0.29, 0.717) is 17.1 Å². The van der Waals surface area contributed by atoms with Crippen LogP contribution in [-0.2, 0) is 29.1 Å². The van der Waals surface area contributed by atoms with E-state index >= 15 is 0 Å². The number of carboxylic acids is 1. The van der Waals surface area contributed by atoms with E-state index in [1.54, 1.807) is 30.9 Å². The number of carbonyl (C=O) groups is 3. The molecule has 1 aliphatic heterocycles. The molecule has 1 N–H and O–H groups in total. The average Bonchev–Trinajstić information content (AvgIpc) is 3.42. The van der Waals surface area contributed by atoms with Gasteiger partial charge in [0.1, 0.15) is 11.8 Å². The Hall–Kier alpha value is -3.46. The number of aryl methyl sites for hydroxylation is 1. The van der Waals surface area contributed by atoms with Gasteiger partial charge in [-0.2, -0.15) is 0 Å². The van der Waals surface area contributed by atoms with Gasteiger partial charge in [-0.25, -0.2) is 9.78 Å². The van der Waals surface area contributed by atoms with E-state index in [1.165, 1.54) is 0 Å². The van der Waals surface area contributed by atoms with Crippen LogP contribution in [-0.4, -0.2) is 50.4 Å².